The van der Waals surface area contributed by atoms with E-state index in [1.54, 1.807) is 17.4 Å². The van der Waals surface area contributed by atoms with E-state index in [2.05, 4.69) is 20.8 Å². The van der Waals surface area contributed by atoms with Crippen molar-refractivity contribution in [2.45, 2.75) is 0 Å². The molecule has 2 aromatic heterocycles. The Bertz CT molecular complexity index is 1050. The molecule has 0 aliphatic rings. The van der Waals surface area contributed by atoms with Crippen LogP contribution in [-0.4, -0.2) is 23.7 Å². The molecule has 0 bridgehead atoms. The first-order valence-corrected chi connectivity index (χ1v) is 9.16. The molecule has 2 aromatic carbocycles. The van der Waals surface area contributed by atoms with Crippen molar-refractivity contribution in [3.63, 3.8) is 0 Å². The summed E-state index contributed by atoms with van der Waals surface area (Å²) in [6.07, 6.45) is 1.47. The van der Waals surface area contributed by atoms with Gasteiger partial charge >= 0.3 is 0 Å². The third kappa shape index (κ3) is 4.21. The number of nitrogens with zero attached hydrogens (tertiary/aromatic N) is 2. The van der Waals surface area contributed by atoms with Gasteiger partial charge in [0, 0.05) is 5.69 Å². The smallest absolute Gasteiger partial charge is 0.259 e. The first-order chi connectivity index (χ1) is 13.3. The first-order valence-electron chi connectivity index (χ1n) is 8.34. The van der Waals surface area contributed by atoms with Crippen LogP contribution in [0.1, 0.15) is 5.76 Å². The molecule has 0 aliphatic heterocycles. The number of furan rings is 1. The van der Waals surface area contributed by atoms with E-state index in [0.717, 1.165) is 20.9 Å². The van der Waals surface area contributed by atoms with Gasteiger partial charge in [-0.25, -0.2) is 10.4 Å². The molecule has 0 radical (unpaired) electrons. The molecular formula is C20H16N4O2S. The summed E-state index contributed by atoms with van der Waals surface area (Å²) in [6.45, 7) is 0.135. The van der Waals surface area contributed by atoms with Gasteiger partial charge in [0.15, 0.2) is 10.8 Å². The SMILES string of the molecule is O=C(CNc1ccccc1)N/N=C\c1ccc(-c2nc3ccccc3s2)o1. The number of carbonyl (C=O) groups excluding carboxylic acids is 1. The zero-order valence-electron chi connectivity index (χ0n) is 14.3. The molecule has 4 aromatic rings. The van der Waals surface area contributed by atoms with Crippen LogP contribution in [0.3, 0.4) is 0 Å². The van der Waals surface area contributed by atoms with Crippen LogP contribution in [0.25, 0.3) is 21.0 Å². The zero-order chi connectivity index (χ0) is 18.5. The third-order valence-electron chi connectivity index (χ3n) is 3.74. The number of para-hydroxylation sites is 2. The molecule has 134 valence electrons. The Morgan fingerprint density at radius 1 is 1.07 bits per heavy atom. The Morgan fingerprint density at radius 3 is 2.74 bits per heavy atom. The van der Waals surface area contributed by atoms with Crippen molar-refractivity contribution >= 4 is 39.4 Å². The average Bonchev–Trinajstić information content (AvgIpc) is 3.34. The summed E-state index contributed by atoms with van der Waals surface area (Å²) in [7, 11) is 0. The normalized spacial score (nSPS) is 11.1. The van der Waals surface area contributed by atoms with Crippen LogP contribution in [0.5, 0.6) is 0 Å². The van der Waals surface area contributed by atoms with E-state index in [1.807, 2.05) is 60.7 Å². The van der Waals surface area contributed by atoms with Crippen LogP contribution in [0.4, 0.5) is 5.69 Å². The van der Waals surface area contributed by atoms with E-state index in [0.29, 0.717) is 11.5 Å². The fraction of sp³-hybridized carbons (Fsp3) is 0.0500. The molecule has 0 saturated heterocycles. The van der Waals surface area contributed by atoms with Crippen molar-refractivity contribution in [2.75, 3.05) is 11.9 Å². The van der Waals surface area contributed by atoms with Crippen LogP contribution < -0.4 is 10.7 Å². The van der Waals surface area contributed by atoms with Gasteiger partial charge in [0.05, 0.1) is 23.0 Å². The largest absolute Gasteiger partial charge is 0.453 e. The maximum absolute atomic E-state index is 11.8. The minimum absolute atomic E-state index is 0.135. The molecule has 0 saturated carbocycles. The first kappa shape index (κ1) is 17.0. The molecular weight excluding hydrogens is 360 g/mol. The second-order valence-electron chi connectivity index (χ2n) is 5.70. The highest BCUT2D eigenvalue weighted by Crippen LogP contribution is 2.30. The van der Waals surface area contributed by atoms with Crippen molar-refractivity contribution < 1.29 is 9.21 Å². The number of fused-ring (bicyclic) bond motifs is 1. The Kier molecular flexibility index (Phi) is 4.93. The molecule has 1 amide bonds. The topological polar surface area (TPSA) is 79.5 Å². The van der Waals surface area contributed by atoms with Gasteiger partial charge in [-0.3, -0.25) is 4.79 Å². The number of carbonyl (C=O) groups is 1. The number of rotatable bonds is 6. The number of anilines is 1. The van der Waals surface area contributed by atoms with E-state index in [-0.39, 0.29) is 12.5 Å². The summed E-state index contributed by atoms with van der Waals surface area (Å²) in [6, 6.07) is 21.1. The monoisotopic (exact) mass is 376 g/mol. The molecule has 27 heavy (non-hydrogen) atoms. The number of hydrogen-bond donors (Lipinski definition) is 2. The molecule has 0 unspecified atom stereocenters. The summed E-state index contributed by atoms with van der Waals surface area (Å²) in [4.78, 5) is 16.4. The number of aromatic nitrogens is 1. The van der Waals surface area contributed by atoms with Crippen LogP contribution in [0.2, 0.25) is 0 Å². The predicted molar refractivity (Wildman–Crippen MR) is 108 cm³/mol. The summed E-state index contributed by atoms with van der Waals surface area (Å²) in [5, 5.41) is 7.76. The van der Waals surface area contributed by atoms with E-state index in [9.17, 15) is 4.79 Å². The van der Waals surface area contributed by atoms with Gasteiger partial charge in [-0.05, 0) is 36.4 Å². The van der Waals surface area contributed by atoms with E-state index in [4.69, 9.17) is 4.42 Å². The van der Waals surface area contributed by atoms with Gasteiger partial charge in [-0.2, -0.15) is 5.10 Å². The van der Waals surface area contributed by atoms with Gasteiger partial charge in [-0.15, -0.1) is 11.3 Å². The minimum Gasteiger partial charge on any atom is -0.453 e. The number of hydrogen-bond acceptors (Lipinski definition) is 6. The Hall–Kier alpha value is -3.45. The van der Waals surface area contributed by atoms with E-state index in [1.165, 1.54) is 6.21 Å². The molecule has 0 spiro atoms. The molecule has 2 N–H and O–H groups in total. The maximum atomic E-state index is 11.8. The van der Waals surface area contributed by atoms with Gasteiger partial charge in [0.1, 0.15) is 5.76 Å². The van der Waals surface area contributed by atoms with Gasteiger partial charge in [0.25, 0.3) is 5.91 Å². The number of thiazole rings is 1. The second kappa shape index (κ2) is 7.84. The summed E-state index contributed by atoms with van der Waals surface area (Å²) in [5.74, 6) is 0.975. The van der Waals surface area contributed by atoms with Gasteiger partial charge in [-0.1, -0.05) is 30.3 Å². The fourth-order valence-corrected chi connectivity index (χ4v) is 3.39. The van der Waals surface area contributed by atoms with E-state index >= 15 is 0 Å². The average molecular weight is 376 g/mol. The maximum Gasteiger partial charge on any atom is 0.259 e. The minimum atomic E-state index is -0.243. The van der Waals surface area contributed by atoms with Crippen molar-refractivity contribution in [1.29, 1.82) is 0 Å². The lowest BCUT2D eigenvalue weighted by Gasteiger charge is -2.04. The highest BCUT2D eigenvalue weighted by atomic mass is 32.1. The second-order valence-corrected chi connectivity index (χ2v) is 6.73. The van der Waals surface area contributed by atoms with Gasteiger partial charge < -0.3 is 9.73 Å². The number of benzene rings is 2. The summed E-state index contributed by atoms with van der Waals surface area (Å²) >= 11 is 1.57. The summed E-state index contributed by atoms with van der Waals surface area (Å²) in [5.41, 5.74) is 4.29. The Morgan fingerprint density at radius 2 is 1.89 bits per heavy atom. The van der Waals surface area contributed by atoms with Crippen molar-refractivity contribution in [3.8, 4) is 10.8 Å². The molecule has 6 nitrogen and oxygen atoms in total. The lowest BCUT2D eigenvalue weighted by molar-refractivity contribution is -0.119. The number of hydrazone groups is 1. The van der Waals surface area contributed by atoms with Crippen LogP contribution in [-0.2, 0) is 4.79 Å². The molecule has 0 fully saturated rings. The number of nitrogens with one attached hydrogen (secondary N) is 2. The van der Waals surface area contributed by atoms with Crippen LogP contribution in [0, 0.1) is 0 Å². The lowest BCUT2D eigenvalue weighted by Crippen LogP contribution is -2.25. The van der Waals surface area contributed by atoms with Crippen molar-refractivity contribution in [1.82, 2.24) is 10.4 Å². The third-order valence-corrected chi connectivity index (χ3v) is 4.79. The highest BCUT2D eigenvalue weighted by Gasteiger charge is 2.09. The molecule has 7 heteroatoms. The molecule has 0 aliphatic carbocycles. The number of amides is 1. The van der Waals surface area contributed by atoms with Crippen LogP contribution in [0.15, 0.2) is 76.2 Å². The predicted octanol–water partition coefficient (Wildman–Crippen LogP) is 4.12. The standard InChI is InChI=1S/C20H16N4O2S/c25-19(13-21-14-6-2-1-3-7-14)24-22-12-15-10-11-17(26-15)20-23-16-8-4-5-9-18(16)27-20/h1-12,21H,13H2,(H,24,25)/b22-12-. The molecule has 4 rings (SSSR count). The lowest BCUT2D eigenvalue weighted by atomic mass is 10.3. The van der Waals surface area contributed by atoms with E-state index < -0.39 is 0 Å². The Labute approximate surface area is 159 Å². The quantitative estimate of drug-likeness (QED) is 0.392. The van der Waals surface area contributed by atoms with Gasteiger partial charge in [0.2, 0.25) is 0 Å². The highest BCUT2D eigenvalue weighted by molar-refractivity contribution is 7.21. The zero-order valence-corrected chi connectivity index (χ0v) is 15.1. The fourth-order valence-electron chi connectivity index (χ4n) is 2.46. The van der Waals surface area contributed by atoms with Crippen molar-refractivity contribution in [3.05, 3.63) is 72.5 Å². The van der Waals surface area contributed by atoms with Crippen molar-refractivity contribution in [2.24, 2.45) is 5.10 Å². The summed E-state index contributed by atoms with van der Waals surface area (Å²) < 4.78 is 6.85. The molecule has 0 atom stereocenters. The Balaban J connectivity index is 1.34. The molecule has 2 heterocycles. The van der Waals surface area contributed by atoms with Crippen LogP contribution >= 0.6 is 11.3 Å².